The lowest BCUT2D eigenvalue weighted by molar-refractivity contribution is -0.138. The Morgan fingerprint density at radius 1 is 1.26 bits per heavy atom. The van der Waals surface area contributed by atoms with Crippen molar-refractivity contribution in [3.05, 3.63) is 27.7 Å². The van der Waals surface area contributed by atoms with Gasteiger partial charge in [0.25, 0.3) is 0 Å². The molecular weight excluding hydrogens is 373 g/mol. The molecule has 3 nitrogen and oxygen atoms in total. The van der Waals surface area contributed by atoms with E-state index in [4.69, 9.17) is 0 Å². The molecule has 7 heteroatoms. The van der Waals surface area contributed by atoms with Crippen LogP contribution in [0.4, 0.5) is 13.2 Å². The minimum absolute atomic E-state index is 0.164. The van der Waals surface area contributed by atoms with Gasteiger partial charge in [-0.1, -0.05) is 28.8 Å². The second-order valence-corrected chi connectivity index (χ2v) is 7.29. The Labute approximate surface area is 142 Å². The van der Waals surface area contributed by atoms with Crippen molar-refractivity contribution >= 4 is 15.9 Å². The maximum atomic E-state index is 13.2. The number of nitrogens with zero attached hydrogens (tertiary/aromatic N) is 1. The lowest BCUT2D eigenvalue weighted by atomic mass is 9.95. The van der Waals surface area contributed by atoms with Crippen molar-refractivity contribution in [2.45, 2.75) is 31.5 Å². The van der Waals surface area contributed by atoms with Crippen LogP contribution in [0, 0.1) is 5.92 Å². The van der Waals surface area contributed by atoms with E-state index in [0.717, 1.165) is 51.5 Å². The molecule has 0 aromatic heterocycles. The van der Waals surface area contributed by atoms with Crippen molar-refractivity contribution in [2.75, 3.05) is 26.2 Å². The first-order valence-electron chi connectivity index (χ1n) is 7.90. The summed E-state index contributed by atoms with van der Waals surface area (Å²) in [5.41, 5.74) is -0.571. The third kappa shape index (κ3) is 4.00. The first kappa shape index (κ1) is 17.0. The van der Waals surface area contributed by atoms with Gasteiger partial charge >= 0.3 is 6.18 Å². The number of benzene rings is 1. The van der Waals surface area contributed by atoms with E-state index in [-0.39, 0.29) is 6.04 Å². The maximum Gasteiger partial charge on any atom is 0.420 e. The summed E-state index contributed by atoms with van der Waals surface area (Å²) in [6, 6.07) is 2.42. The Balaban J connectivity index is 1.98. The number of hydrogen-bond donors (Lipinski definition) is 2. The number of phenols is 1. The Bertz CT molecular complexity index is 569. The number of rotatable bonds is 4. The van der Waals surface area contributed by atoms with E-state index in [1.165, 1.54) is 0 Å². The number of piperazine rings is 1. The fourth-order valence-corrected chi connectivity index (χ4v) is 3.70. The molecule has 23 heavy (non-hydrogen) atoms. The predicted octanol–water partition coefficient (Wildman–Crippen LogP) is 3.92. The fourth-order valence-electron chi connectivity index (χ4n) is 3.23. The van der Waals surface area contributed by atoms with Crippen LogP contribution in [-0.4, -0.2) is 36.2 Å². The summed E-state index contributed by atoms with van der Waals surface area (Å²) in [5.74, 6) is -0.0625. The summed E-state index contributed by atoms with van der Waals surface area (Å²) in [6.07, 6.45) is -1.50. The molecule has 0 amide bonds. The van der Waals surface area contributed by atoms with Crippen LogP contribution in [0.5, 0.6) is 5.75 Å². The van der Waals surface area contributed by atoms with Crippen LogP contribution in [0.1, 0.15) is 36.4 Å². The Kier molecular flexibility index (Phi) is 4.90. The van der Waals surface area contributed by atoms with E-state index >= 15 is 0 Å². The van der Waals surface area contributed by atoms with Gasteiger partial charge in [0.1, 0.15) is 5.75 Å². The SMILES string of the molecule is Oc1c([C@H](CC2CC2)N2CCNCC2)cc(Br)cc1C(F)(F)F. The van der Waals surface area contributed by atoms with Crippen molar-refractivity contribution in [3.8, 4) is 5.75 Å². The monoisotopic (exact) mass is 392 g/mol. The van der Waals surface area contributed by atoms with Crippen molar-refractivity contribution in [1.29, 1.82) is 0 Å². The molecule has 1 aliphatic carbocycles. The van der Waals surface area contributed by atoms with Crippen LogP contribution < -0.4 is 5.32 Å². The third-order valence-corrected chi connectivity index (χ3v) is 5.07. The third-order valence-electron chi connectivity index (χ3n) is 4.61. The molecule has 1 aromatic carbocycles. The smallest absolute Gasteiger partial charge is 0.420 e. The molecule has 2 N–H and O–H groups in total. The lowest BCUT2D eigenvalue weighted by Crippen LogP contribution is -2.45. The van der Waals surface area contributed by atoms with E-state index < -0.39 is 17.5 Å². The molecule has 2 aliphatic rings. The van der Waals surface area contributed by atoms with Crippen LogP contribution in [0.3, 0.4) is 0 Å². The zero-order valence-corrected chi connectivity index (χ0v) is 14.3. The van der Waals surface area contributed by atoms with Gasteiger partial charge in [-0.3, -0.25) is 4.90 Å². The highest BCUT2D eigenvalue weighted by molar-refractivity contribution is 9.10. The number of phenolic OH excluding ortho intramolecular Hbond substituents is 1. The number of hydrogen-bond acceptors (Lipinski definition) is 3. The second kappa shape index (κ2) is 6.61. The Morgan fingerprint density at radius 2 is 1.91 bits per heavy atom. The van der Waals surface area contributed by atoms with Gasteiger partial charge in [0.2, 0.25) is 0 Å². The van der Waals surface area contributed by atoms with E-state index in [1.807, 2.05) is 0 Å². The first-order chi connectivity index (χ1) is 10.9. The van der Waals surface area contributed by atoms with Crippen molar-refractivity contribution in [2.24, 2.45) is 5.92 Å². The highest BCUT2D eigenvalue weighted by Gasteiger charge is 2.38. The van der Waals surface area contributed by atoms with E-state index in [9.17, 15) is 18.3 Å². The largest absolute Gasteiger partial charge is 0.507 e. The molecule has 2 fully saturated rings. The summed E-state index contributed by atoms with van der Waals surface area (Å²) >= 11 is 3.17. The summed E-state index contributed by atoms with van der Waals surface area (Å²) in [6.45, 7) is 3.21. The summed E-state index contributed by atoms with van der Waals surface area (Å²) in [5, 5.41) is 13.6. The summed E-state index contributed by atoms with van der Waals surface area (Å²) < 4.78 is 39.9. The summed E-state index contributed by atoms with van der Waals surface area (Å²) in [7, 11) is 0. The predicted molar refractivity (Wildman–Crippen MR) is 85.3 cm³/mol. The quantitative estimate of drug-likeness (QED) is 0.814. The van der Waals surface area contributed by atoms with Gasteiger partial charge in [0, 0.05) is 42.3 Å². The maximum absolute atomic E-state index is 13.2. The molecule has 1 saturated carbocycles. The fraction of sp³-hybridized carbons (Fsp3) is 0.625. The lowest BCUT2D eigenvalue weighted by Gasteiger charge is -2.36. The van der Waals surface area contributed by atoms with Gasteiger partial charge < -0.3 is 10.4 Å². The molecule has 1 saturated heterocycles. The Hall–Kier alpha value is -0.790. The molecule has 0 radical (unpaired) electrons. The van der Waals surface area contributed by atoms with Crippen molar-refractivity contribution in [1.82, 2.24) is 10.2 Å². The Morgan fingerprint density at radius 3 is 2.48 bits per heavy atom. The van der Waals surface area contributed by atoms with E-state index in [1.54, 1.807) is 6.07 Å². The minimum atomic E-state index is -4.56. The zero-order chi connectivity index (χ0) is 16.6. The van der Waals surface area contributed by atoms with Crippen LogP contribution in [0.2, 0.25) is 0 Å². The van der Waals surface area contributed by atoms with E-state index in [2.05, 4.69) is 26.1 Å². The molecule has 1 aromatic rings. The van der Waals surface area contributed by atoms with Gasteiger partial charge in [-0.05, 0) is 24.5 Å². The molecule has 1 aliphatic heterocycles. The molecular formula is C16H20BrF3N2O. The van der Waals surface area contributed by atoms with Gasteiger partial charge in [0.05, 0.1) is 5.56 Å². The molecule has 0 unspecified atom stereocenters. The van der Waals surface area contributed by atoms with Gasteiger partial charge in [-0.2, -0.15) is 13.2 Å². The standard InChI is InChI=1S/C16H20BrF3N2O/c17-11-8-12(15(23)13(9-11)16(18,19)20)14(7-10-1-2-10)22-5-3-21-4-6-22/h8-10,14,21,23H,1-7H2/t14-/m0/s1. The summed E-state index contributed by atoms with van der Waals surface area (Å²) in [4.78, 5) is 2.19. The highest BCUT2D eigenvalue weighted by atomic mass is 79.9. The van der Waals surface area contributed by atoms with Crippen LogP contribution in [-0.2, 0) is 6.18 Å². The zero-order valence-electron chi connectivity index (χ0n) is 12.7. The number of nitrogens with one attached hydrogen (secondary N) is 1. The van der Waals surface area contributed by atoms with Crippen LogP contribution in [0.25, 0.3) is 0 Å². The minimum Gasteiger partial charge on any atom is -0.507 e. The van der Waals surface area contributed by atoms with Gasteiger partial charge in [0.15, 0.2) is 0 Å². The van der Waals surface area contributed by atoms with Crippen LogP contribution >= 0.6 is 15.9 Å². The average Bonchev–Trinajstić information content (AvgIpc) is 3.31. The van der Waals surface area contributed by atoms with Crippen molar-refractivity contribution < 1.29 is 18.3 Å². The molecule has 1 atom stereocenters. The van der Waals surface area contributed by atoms with E-state index in [0.29, 0.717) is 16.0 Å². The second-order valence-electron chi connectivity index (χ2n) is 6.37. The molecule has 3 rings (SSSR count). The molecule has 128 valence electrons. The molecule has 0 spiro atoms. The first-order valence-corrected chi connectivity index (χ1v) is 8.70. The molecule has 1 heterocycles. The number of aromatic hydroxyl groups is 1. The number of alkyl halides is 3. The van der Waals surface area contributed by atoms with Crippen LogP contribution in [0.15, 0.2) is 16.6 Å². The van der Waals surface area contributed by atoms with Gasteiger partial charge in [-0.15, -0.1) is 0 Å². The normalized spacial score (nSPS) is 21.4. The number of halogens is 4. The van der Waals surface area contributed by atoms with Crippen molar-refractivity contribution in [3.63, 3.8) is 0 Å². The van der Waals surface area contributed by atoms with Gasteiger partial charge in [-0.25, -0.2) is 0 Å². The average molecular weight is 393 g/mol. The highest BCUT2D eigenvalue weighted by Crippen LogP contribution is 2.46. The molecule has 0 bridgehead atoms. The topological polar surface area (TPSA) is 35.5 Å².